The minimum atomic E-state index is -4.37. The average Bonchev–Trinajstić information content (AvgIpc) is 2.58. The zero-order chi connectivity index (χ0) is 14.2. The third-order valence-electron chi connectivity index (χ3n) is 2.64. The highest BCUT2D eigenvalue weighted by atomic mass is 79.9. The third kappa shape index (κ3) is 3.27. The lowest BCUT2D eigenvalue weighted by atomic mass is 10.0. The van der Waals surface area contributed by atoms with Crippen LogP contribution in [0.3, 0.4) is 0 Å². The van der Waals surface area contributed by atoms with Crippen LogP contribution in [0, 0.1) is 6.92 Å². The number of aryl methyl sites for hydroxylation is 1. The second-order valence-electron chi connectivity index (χ2n) is 4.04. The van der Waals surface area contributed by atoms with Gasteiger partial charge in [-0.1, -0.05) is 22.0 Å². The second kappa shape index (κ2) is 5.13. The molecule has 102 valence electrons. The molecule has 0 fully saturated rings. The van der Waals surface area contributed by atoms with E-state index in [1.807, 2.05) is 0 Å². The van der Waals surface area contributed by atoms with Gasteiger partial charge in [0, 0.05) is 15.8 Å². The van der Waals surface area contributed by atoms with E-state index in [9.17, 15) is 13.2 Å². The fraction of sp³-hybridized carbons (Fsp3) is 0.250. The number of hydrogen-bond acceptors (Lipinski definition) is 3. The summed E-state index contributed by atoms with van der Waals surface area (Å²) in [5.41, 5.74) is 5.83. The van der Waals surface area contributed by atoms with Gasteiger partial charge in [-0.2, -0.15) is 13.2 Å². The largest absolute Gasteiger partial charge is 0.416 e. The van der Waals surface area contributed by atoms with Gasteiger partial charge >= 0.3 is 6.18 Å². The van der Waals surface area contributed by atoms with Crippen LogP contribution in [-0.2, 0) is 12.6 Å². The summed E-state index contributed by atoms with van der Waals surface area (Å²) >= 11 is 4.28. The summed E-state index contributed by atoms with van der Waals surface area (Å²) in [7, 11) is 0. The molecule has 1 aromatic carbocycles. The van der Waals surface area contributed by atoms with Crippen LogP contribution in [0.15, 0.2) is 22.7 Å². The SMILES string of the molecule is Cc1nc(N)sc1Cc1ccc(Br)cc1C(F)(F)F. The zero-order valence-electron chi connectivity index (χ0n) is 9.88. The lowest BCUT2D eigenvalue weighted by Gasteiger charge is -2.13. The van der Waals surface area contributed by atoms with E-state index in [0.717, 1.165) is 10.9 Å². The van der Waals surface area contributed by atoms with Crippen LogP contribution in [0.1, 0.15) is 21.7 Å². The molecular weight excluding hydrogens is 341 g/mol. The summed E-state index contributed by atoms with van der Waals surface area (Å²) < 4.78 is 39.3. The Hall–Kier alpha value is -1.08. The van der Waals surface area contributed by atoms with Gasteiger partial charge in [-0.05, 0) is 24.6 Å². The van der Waals surface area contributed by atoms with Crippen molar-refractivity contribution in [2.45, 2.75) is 19.5 Å². The molecule has 1 aromatic heterocycles. The van der Waals surface area contributed by atoms with Crippen LogP contribution in [0.4, 0.5) is 18.3 Å². The molecule has 2 aromatic rings. The van der Waals surface area contributed by atoms with E-state index in [4.69, 9.17) is 5.73 Å². The van der Waals surface area contributed by atoms with Gasteiger partial charge in [0.2, 0.25) is 0 Å². The fourth-order valence-corrected chi connectivity index (χ4v) is 2.97. The van der Waals surface area contributed by atoms with E-state index in [0.29, 0.717) is 15.3 Å². The van der Waals surface area contributed by atoms with Crippen LogP contribution in [0.2, 0.25) is 0 Å². The molecule has 0 atom stereocenters. The molecular formula is C12H10BrF3N2S. The zero-order valence-corrected chi connectivity index (χ0v) is 12.3. The van der Waals surface area contributed by atoms with Crippen molar-refractivity contribution in [3.63, 3.8) is 0 Å². The van der Waals surface area contributed by atoms with Crippen molar-refractivity contribution in [1.29, 1.82) is 0 Å². The second-order valence-corrected chi connectivity index (χ2v) is 6.07. The highest BCUT2D eigenvalue weighted by molar-refractivity contribution is 9.10. The van der Waals surface area contributed by atoms with E-state index in [1.165, 1.54) is 17.4 Å². The maximum atomic E-state index is 13.0. The number of anilines is 1. The Kier molecular flexibility index (Phi) is 3.87. The van der Waals surface area contributed by atoms with Gasteiger partial charge in [0.15, 0.2) is 5.13 Å². The maximum Gasteiger partial charge on any atom is 0.416 e. The predicted molar refractivity (Wildman–Crippen MR) is 73.2 cm³/mol. The van der Waals surface area contributed by atoms with Crippen LogP contribution in [0.5, 0.6) is 0 Å². The van der Waals surface area contributed by atoms with Crippen molar-refractivity contribution in [2.24, 2.45) is 0 Å². The van der Waals surface area contributed by atoms with E-state index in [-0.39, 0.29) is 12.0 Å². The number of rotatable bonds is 2. The number of thiazole rings is 1. The molecule has 0 aliphatic heterocycles. The van der Waals surface area contributed by atoms with Gasteiger partial charge in [-0.25, -0.2) is 4.98 Å². The minimum Gasteiger partial charge on any atom is -0.375 e. The molecule has 1 heterocycles. The summed E-state index contributed by atoms with van der Waals surface area (Å²) in [5.74, 6) is 0. The van der Waals surface area contributed by atoms with Crippen molar-refractivity contribution in [3.8, 4) is 0 Å². The molecule has 0 unspecified atom stereocenters. The van der Waals surface area contributed by atoms with Crippen molar-refractivity contribution >= 4 is 32.4 Å². The summed E-state index contributed by atoms with van der Waals surface area (Å²) in [6.07, 6.45) is -4.19. The van der Waals surface area contributed by atoms with Gasteiger partial charge in [0.25, 0.3) is 0 Å². The summed E-state index contributed by atoms with van der Waals surface area (Å²) in [6, 6.07) is 4.17. The Morgan fingerprint density at radius 2 is 2.05 bits per heavy atom. The Morgan fingerprint density at radius 3 is 2.58 bits per heavy atom. The van der Waals surface area contributed by atoms with E-state index in [1.54, 1.807) is 13.0 Å². The van der Waals surface area contributed by atoms with Crippen LogP contribution < -0.4 is 5.73 Å². The first-order chi connectivity index (χ1) is 8.77. The molecule has 0 bridgehead atoms. The molecule has 2 rings (SSSR count). The van der Waals surface area contributed by atoms with E-state index in [2.05, 4.69) is 20.9 Å². The van der Waals surface area contributed by atoms with E-state index < -0.39 is 11.7 Å². The minimum absolute atomic E-state index is 0.183. The fourth-order valence-electron chi connectivity index (χ4n) is 1.75. The molecule has 0 amide bonds. The number of alkyl halides is 3. The van der Waals surface area contributed by atoms with Crippen molar-refractivity contribution in [3.05, 3.63) is 44.4 Å². The highest BCUT2D eigenvalue weighted by Gasteiger charge is 2.33. The first-order valence-corrected chi connectivity index (χ1v) is 6.95. The first-order valence-electron chi connectivity index (χ1n) is 5.35. The molecule has 2 N–H and O–H groups in total. The lowest BCUT2D eigenvalue weighted by Crippen LogP contribution is -2.09. The number of aromatic nitrogens is 1. The van der Waals surface area contributed by atoms with Crippen LogP contribution in [-0.4, -0.2) is 4.98 Å². The summed E-state index contributed by atoms with van der Waals surface area (Å²) in [5, 5.41) is 0.373. The predicted octanol–water partition coefficient (Wildman–Crippen LogP) is 4.41. The number of benzene rings is 1. The molecule has 19 heavy (non-hydrogen) atoms. The number of hydrogen-bond donors (Lipinski definition) is 1. The molecule has 0 aliphatic carbocycles. The van der Waals surface area contributed by atoms with Gasteiger partial charge in [-0.3, -0.25) is 0 Å². The number of nitrogens with zero attached hydrogens (tertiary/aromatic N) is 1. The van der Waals surface area contributed by atoms with Crippen LogP contribution in [0.25, 0.3) is 0 Å². The molecule has 2 nitrogen and oxygen atoms in total. The average molecular weight is 351 g/mol. The Bertz CT molecular complexity index is 608. The first kappa shape index (κ1) is 14.3. The summed E-state index contributed by atoms with van der Waals surface area (Å²) in [4.78, 5) is 4.78. The normalized spacial score (nSPS) is 11.8. The summed E-state index contributed by atoms with van der Waals surface area (Å²) in [6.45, 7) is 1.74. The number of nitrogen functional groups attached to an aromatic ring is 1. The van der Waals surface area contributed by atoms with Gasteiger partial charge in [0.1, 0.15) is 0 Å². The smallest absolute Gasteiger partial charge is 0.375 e. The monoisotopic (exact) mass is 350 g/mol. The molecule has 0 spiro atoms. The van der Waals surface area contributed by atoms with Gasteiger partial charge < -0.3 is 5.73 Å². The third-order valence-corrected chi connectivity index (χ3v) is 4.12. The van der Waals surface area contributed by atoms with Crippen molar-refractivity contribution in [2.75, 3.05) is 5.73 Å². The van der Waals surface area contributed by atoms with Crippen LogP contribution >= 0.6 is 27.3 Å². The maximum absolute atomic E-state index is 13.0. The Morgan fingerprint density at radius 1 is 1.37 bits per heavy atom. The highest BCUT2D eigenvalue weighted by Crippen LogP contribution is 2.35. The van der Waals surface area contributed by atoms with Crippen molar-refractivity contribution < 1.29 is 13.2 Å². The quantitative estimate of drug-likeness (QED) is 0.871. The molecule has 0 aliphatic rings. The standard InChI is InChI=1S/C12H10BrF3N2S/c1-6-10(19-11(17)18-6)4-7-2-3-8(13)5-9(7)12(14,15)16/h2-3,5H,4H2,1H3,(H2,17,18). The lowest BCUT2D eigenvalue weighted by molar-refractivity contribution is -0.138. The van der Waals surface area contributed by atoms with Gasteiger partial charge in [-0.15, -0.1) is 11.3 Å². The van der Waals surface area contributed by atoms with Crippen molar-refractivity contribution in [1.82, 2.24) is 4.98 Å². The molecule has 0 saturated heterocycles. The topological polar surface area (TPSA) is 38.9 Å². The number of nitrogens with two attached hydrogens (primary N) is 1. The molecule has 0 radical (unpaired) electrons. The van der Waals surface area contributed by atoms with Gasteiger partial charge in [0.05, 0.1) is 11.3 Å². The Balaban J connectivity index is 2.43. The van der Waals surface area contributed by atoms with E-state index >= 15 is 0 Å². The Labute approximate surface area is 120 Å². The number of halogens is 4. The molecule has 7 heteroatoms. The molecule has 0 saturated carbocycles.